The first-order valence-corrected chi connectivity index (χ1v) is 7.47. The summed E-state index contributed by atoms with van der Waals surface area (Å²) in [5, 5.41) is 3.44. The topological polar surface area (TPSA) is 35.6 Å². The molecule has 1 N–H and O–H groups in total. The smallest absolute Gasteiger partial charge is 0.241 e. The lowest BCUT2D eigenvalue weighted by molar-refractivity contribution is -0.133. The van der Waals surface area contributed by atoms with Crippen molar-refractivity contribution < 1.29 is 4.79 Å². The summed E-state index contributed by atoms with van der Waals surface area (Å²) in [5.74, 6) is 1.29. The summed E-state index contributed by atoms with van der Waals surface area (Å²) in [7, 11) is 4.16. The Hall–Kier alpha value is -0.610. The fourth-order valence-electron chi connectivity index (χ4n) is 2.93. The fourth-order valence-corrected chi connectivity index (χ4v) is 2.93. The number of hydrogen-bond acceptors (Lipinski definition) is 3. The van der Waals surface area contributed by atoms with Crippen molar-refractivity contribution in [2.75, 3.05) is 20.6 Å². The second-order valence-corrected chi connectivity index (χ2v) is 6.87. The van der Waals surface area contributed by atoms with E-state index in [0.717, 1.165) is 13.0 Å². The van der Waals surface area contributed by atoms with Gasteiger partial charge < -0.3 is 9.80 Å². The number of hydrogen-bond donors (Lipinski definition) is 1. The van der Waals surface area contributed by atoms with Gasteiger partial charge in [-0.15, -0.1) is 0 Å². The molecule has 112 valence electrons. The number of carbonyl (C=O) groups excluding carboxylic acids is 1. The largest absolute Gasteiger partial charge is 0.321 e. The average molecular weight is 269 g/mol. The standard InChI is InChI=1S/C15H31N3O/c1-10(2)8-13(9-17(6)7)18-14(11(3)4)16-12(5)15(18)19/h10-14,16H,8-9H2,1-7H3. The van der Waals surface area contributed by atoms with Crippen molar-refractivity contribution >= 4 is 5.91 Å². The molecule has 19 heavy (non-hydrogen) atoms. The lowest BCUT2D eigenvalue weighted by Gasteiger charge is -2.37. The first kappa shape index (κ1) is 16.4. The number of likely N-dealkylation sites (N-methyl/N-ethyl adjacent to an activating group) is 1. The summed E-state index contributed by atoms with van der Waals surface area (Å²) in [6.07, 6.45) is 1.23. The lowest BCUT2D eigenvalue weighted by atomic mass is 10.00. The molecule has 0 aliphatic carbocycles. The van der Waals surface area contributed by atoms with Crippen LogP contribution in [-0.4, -0.2) is 54.6 Å². The summed E-state index contributed by atoms with van der Waals surface area (Å²) < 4.78 is 0. The van der Waals surface area contributed by atoms with Gasteiger partial charge in [-0.3, -0.25) is 10.1 Å². The molecule has 1 saturated heterocycles. The summed E-state index contributed by atoms with van der Waals surface area (Å²) >= 11 is 0. The van der Waals surface area contributed by atoms with Crippen molar-refractivity contribution in [3.8, 4) is 0 Å². The maximum atomic E-state index is 12.5. The first-order valence-electron chi connectivity index (χ1n) is 7.47. The van der Waals surface area contributed by atoms with Gasteiger partial charge in [0.15, 0.2) is 0 Å². The molecule has 0 saturated carbocycles. The van der Waals surface area contributed by atoms with Gasteiger partial charge in [-0.25, -0.2) is 0 Å². The third kappa shape index (κ3) is 4.18. The van der Waals surface area contributed by atoms with Gasteiger partial charge >= 0.3 is 0 Å². The Morgan fingerprint density at radius 2 is 1.84 bits per heavy atom. The summed E-state index contributed by atoms with van der Waals surface area (Å²) in [6, 6.07) is 0.247. The first-order chi connectivity index (χ1) is 8.73. The minimum absolute atomic E-state index is 0.0516. The monoisotopic (exact) mass is 269 g/mol. The van der Waals surface area contributed by atoms with E-state index in [0.29, 0.717) is 17.9 Å². The molecule has 1 fully saturated rings. The SMILES string of the molecule is CC(C)CC(CN(C)C)N1C(=O)C(C)NC1C(C)C. The zero-order valence-electron chi connectivity index (χ0n) is 13.6. The van der Waals surface area contributed by atoms with E-state index < -0.39 is 0 Å². The van der Waals surface area contributed by atoms with E-state index in [9.17, 15) is 4.79 Å². The van der Waals surface area contributed by atoms with Crippen LogP contribution in [0.15, 0.2) is 0 Å². The van der Waals surface area contributed by atoms with Gasteiger partial charge in [0, 0.05) is 12.6 Å². The van der Waals surface area contributed by atoms with Crippen molar-refractivity contribution in [3.63, 3.8) is 0 Å². The maximum absolute atomic E-state index is 12.5. The second kappa shape index (κ2) is 6.71. The zero-order valence-corrected chi connectivity index (χ0v) is 13.6. The summed E-state index contributed by atoms with van der Waals surface area (Å²) in [5.41, 5.74) is 0. The predicted octanol–water partition coefficient (Wildman–Crippen LogP) is 1.77. The number of amides is 1. The molecule has 4 nitrogen and oxygen atoms in total. The highest BCUT2D eigenvalue weighted by atomic mass is 16.2. The fraction of sp³-hybridized carbons (Fsp3) is 0.933. The van der Waals surface area contributed by atoms with E-state index in [4.69, 9.17) is 0 Å². The third-order valence-electron chi connectivity index (χ3n) is 3.69. The van der Waals surface area contributed by atoms with Gasteiger partial charge in [-0.2, -0.15) is 0 Å². The van der Waals surface area contributed by atoms with Crippen molar-refractivity contribution in [3.05, 3.63) is 0 Å². The second-order valence-electron chi connectivity index (χ2n) is 6.87. The number of rotatable bonds is 6. The van der Waals surface area contributed by atoms with Crippen LogP contribution in [-0.2, 0) is 4.79 Å². The highest BCUT2D eigenvalue weighted by Crippen LogP contribution is 2.24. The molecule has 0 bridgehead atoms. The molecule has 3 atom stereocenters. The van der Waals surface area contributed by atoms with Crippen LogP contribution in [0.1, 0.15) is 41.0 Å². The van der Waals surface area contributed by atoms with E-state index in [1.165, 1.54) is 0 Å². The maximum Gasteiger partial charge on any atom is 0.241 e. The van der Waals surface area contributed by atoms with Crippen LogP contribution in [0, 0.1) is 11.8 Å². The molecule has 4 heteroatoms. The van der Waals surface area contributed by atoms with Crippen LogP contribution >= 0.6 is 0 Å². The van der Waals surface area contributed by atoms with Crippen molar-refractivity contribution in [2.24, 2.45) is 11.8 Å². The van der Waals surface area contributed by atoms with Gasteiger partial charge in [0.05, 0.1) is 12.2 Å². The van der Waals surface area contributed by atoms with E-state index in [2.05, 4.69) is 56.9 Å². The van der Waals surface area contributed by atoms with Gasteiger partial charge in [-0.05, 0) is 39.3 Å². The van der Waals surface area contributed by atoms with Gasteiger partial charge in [-0.1, -0.05) is 27.7 Å². The van der Waals surface area contributed by atoms with E-state index >= 15 is 0 Å². The zero-order chi connectivity index (χ0) is 14.7. The summed E-state index contributed by atoms with van der Waals surface area (Å²) in [6.45, 7) is 11.7. The average Bonchev–Trinajstić information content (AvgIpc) is 2.53. The van der Waals surface area contributed by atoms with Crippen molar-refractivity contribution in [1.29, 1.82) is 0 Å². The van der Waals surface area contributed by atoms with E-state index in [1.807, 2.05) is 6.92 Å². The van der Waals surface area contributed by atoms with Gasteiger partial charge in [0.1, 0.15) is 0 Å². The molecule has 0 radical (unpaired) electrons. The Kier molecular flexibility index (Phi) is 5.81. The van der Waals surface area contributed by atoms with Crippen molar-refractivity contribution in [2.45, 2.75) is 59.3 Å². The highest BCUT2D eigenvalue weighted by Gasteiger charge is 2.41. The van der Waals surface area contributed by atoms with E-state index in [1.54, 1.807) is 0 Å². The highest BCUT2D eigenvalue weighted by molar-refractivity contribution is 5.84. The van der Waals surface area contributed by atoms with Crippen LogP contribution in [0.25, 0.3) is 0 Å². The number of nitrogens with one attached hydrogen (secondary N) is 1. The molecule has 0 spiro atoms. The molecule has 0 aromatic carbocycles. The molecule has 1 amide bonds. The quantitative estimate of drug-likeness (QED) is 0.798. The van der Waals surface area contributed by atoms with Crippen LogP contribution in [0.3, 0.4) is 0 Å². The Balaban J connectivity index is 2.92. The molecule has 1 rings (SSSR count). The minimum atomic E-state index is -0.0516. The Morgan fingerprint density at radius 1 is 1.26 bits per heavy atom. The minimum Gasteiger partial charge on any atom is -0.321 e. The molecule has 1 heterocycles. The van der Waals surface area contributed by atoms with Gasteiger partial charge in [0.2, 0.25) is 5.91 Å². The molecule has 0 aromatic heterocycles. The Labute approximate surface area is 118 Å². The van der Waals surface area contributed by atoms with Crippen LogP contribution < -0.4 is 5.32 Å². The number of carbonyl (C=O) groups is 1. The molecular formula is C15H31N3O. The van der Waals surface area contributed by atoms with Crippen LogP contribution in [0.4, 0.5) is 0 Å². The van der Waals surface area contributed by atoms with Gasteiger partial charge in [0.25, 0.3) is 0 Å². The van der Waals surface area contributed by atoms with Crippen LogP contribution in [0.5, 0.6) is 0 Å². The van der Waals surface area contributed by atoms with E-state index in [-0.39, 0.29) is 18.1 Å². The molecule has 0 aromatic rings. The predicted molar refractivity (Wildman–Crippen MR) is 79.9 cm³/mol. The Bertz CT molecular complexity index is 292. The number of nitrogens with zero attached hydrogens (tertiary/aromatic N) is 2. The van der Waals surface area contributed by atoms with Crippen molar-refractivity contribution in [1.82, 2.24) is 15.1 Å². The summed E-state index contributed by atoms with van der Waals surface area (Å²) in [4.78, 5) is 16.8. The molecule has 1 aliphatic heterocycles. The normalized spacial score (nSPS) is 26.0. The molecule has 3 unspecified atom stereocenters. The molecule has 1 aliphatic rings. The third-order valence-corrected chi connectivity index (χ3v) is 3.69. The lowest BCUT2D eigenvalue weighted by Crippen LogP contribution is -2.51. The van der Waals surface area contributed by atoms with Crippen LogP contribution in [0.2, 0.25) is 0 Å². The Morgan fingerprint density at radius 3 is 2.26 bits per heavy atom. The molecular weight excluding hydrogens is 238 g/mol.